The van der Waals surface area contributed by atoms with Crippen molar-refractivity contribution in [1.82, 2.24) is 4.98 Å². The van der Waals surface area contributed by atoms with Crippen LogP contribution < -0.4 is 0 Å². The lowest BCUT2D eigenvalue weighted by atomic mass is 10.1. The second-order valence-electron chi connectivity index (χ2n) is 4.96. The first-order valence-corrected chi connectivity index (χ1v) is 6.20. The summed E-state index contributed by atoms with van der Waals surface area (Å²) in [5.41, 5.74) is 3.99. The monoisotopic (exact) mass is 275 g/mol. The highest BCUT2D eigenvalue weighted by Crippen LogP contribution is 2.28. The van der Waals surface area contributed by atoms with Gasteiger partial charge in [-0.1, -0.05) is 0 Å². The van der Waals surface area contributed by atoms with Crippen molar-refractivity contribution >= 4 is 10.9 Å². The Balaban J connectivity index is 2.20. The van der Waals surface area contributed by atoms with Gasteiger partial charge in [0, 0.05) is 22.2 Å². The molecule has 0 radical (unpaired) electrons. The molecule has 0 atom stereocenters. The fourth-order valence-electron chi connectivity index (χ4n) is 2.27. The number of fused-ring (bicyclic) bond motifs is 1. The molecule has 0 spiro atoms. The molecule has 1 N–H and O–H groups in total. The highest BCUT2D eigenvalue weighted by molar-refractivity contribution is 5.87. The summed E-state index contributed by atoms with van der Waals surface area (Å²) in [5, 5.41) is 0.952. The zero-order valence-electron chi connectivity index (χ0n) is 11.0. The van der Waals surface area contributed by atoms with Crippen LogP contribution in [-0.2, 0) is 0 Å². The summed E-state index contributed by atoms with van der Waals surface area (Å²) in [7, 11) is 0. The molecule has 1 heterocycles. The van der Waals surface area contributed by atoms with Crippen molar-refractivity contribution < 1.29 is 13.2 Å². The molecule has 1 nitrogen and oxygen atoms in total. The van der Waals surface area contributed by atoms with Gasteiger partial charge in [0.05, 0.1) is 0 Å². The van der Waals surface area contributed by atoms with Crippen molar-refractivity contribution in [2.24, 2.45) is 0 Å². The normalized spacial score (nSPS) is 11.2. The Morgan fingerprint density at radius 2 is 1.40 bits per heavy atom. The number of benzene rings is 2. The standard InChI is InChI=1S/C16H12F3N/c1-8-3-10-7-15(20-14(10)4-9(8)2)11-5-12(17)16(19)13(18)6-11/h3-7,20H,1-2H3. The minimum Gasteiger partial charge on any atom is -0.355 e. The van der Waals surface area contributed by atoms with Gasteiger partial charge in [-0.15, -0.1) is 0 Å². The van der Waals surface area contributed by atoms with Gasteiger partial charge in [-0.3, -0.25) is 0 Å². The Labute approximate surface area is 114 Å². The Morgan fingerprint density at radius 1 is 0.800 bits per heavy atom. The predicted molar refractivity (Wildman–Crippen MR) is 73.1 cm³/mol. The van der Waals surface area contributed by atoms with Gasteiger partial charge in [0.25, 0.3) is 0 Å². The molecule has 1 aromatic heterocycles. The average Bonchev–Trinajstić information content (AvgIpc) is 2.79. The third kappa shape index (κ3) is 1.97. The third-order valence-electron chi connectivity index (χ3n) is 3.53. The molecule has 102 valence electrons. The van der Waals surface area contributed by atoms with E-state index in [1.165, 1.54) is 0 Å². The summed E-state index contributed by atoms with van der Waals surface area (Å²) in [6.07, 6.45) is 0. The Bertz CT molecular complexity index is 756. The molecule has 0 fully saturated rings. The van der Waals surface area contributed by atoms with Crippen LogP contribution in [0, 0.1) is 31.3 Å². The average molecular weight is 275 g/mol. The summed E-state index contributed by atoms with van der Waals surface area (Å²) >= 11 is 0. The maximum Gasteiger partial charge on any atom is 0.194 e. The highest BCUT2D eigenvalue weighted by Gasteiger charge is 2.13. The number of rotatable bonds is 1. The van der Waals surface area contributed by atoms with Crippen LogP contribution in [0.2, 0.25) is 0 Å². The number of H-pyrrole nitrogens is 1. The topological polar surface area (TPSA) is 15.8 Å². The van der Waals surface area contributed by atoms with Crippen LogP contribution in [0.3, 0.4) is 0 Å². The number of halogens is 3. The smallest absolute Gasteiger partial charge is 0.194 e. The van der Waals surface area contributed by atoms with E-state index in [2.05, 4.69) is 4.98 Å². The molecule has 0 aliphatic heterocycles. The summed E-state index contributed by atoms with van der Waals surface area (Å²) in [4.78, 5) is 3.10. The molecule has 0 aliphatic rings. The Morgan fingerprint density at radius 3 is 2.05 bits per heavy atom. The van der Waals surface area contributed by atoms with E-state index in [1.807, 2.05) is 26.0 Å². The lowest BCUT2D eigenvalue weighted by Crippen LogP contribution is -1.91. The number of aryl methyl sites for hydroxylation is 2. The minimum absolute atomic E-state index is 0.285. The van der Waals surface area contributed by atoms with Crippen molar-refractivity contribution in [3.8, 4) is 11.3 Å². The maximum atomic E-state index is 13.3. The molecule has 2 aromatic carbocycles. The van der Waals surface area contributed by atoms with E-state index in [0.717, 1.165) is 34.2 Å². The molecule has 4 heteroatoms. The van der Waals surface area contributed by atoms with Gasteiger partial charge in [0.1, 0.15) is 0 Å². The Hall–Kier alpha value is -2.23. The molecule has 0 bridgehead atoms. The van der Waals surface area contributed by atoms with Crippen molar-refractivity contribution in [1.29, 1.82) is 0 Å². The fraction of sp³-hybridized carbons (Fsp3) is 0.125. The first-order valence-electron chi connectivity index (χ1n) is 6.20. The van der Waals surface area contributed by atoms with Crippen LogP contribution in [0.25, 0.3) is 22.2 Å². The van der Waals surface area contributed by atoms with Gasteiger partial charge in [0.2, 0.25) is 0 Å². The maximum absolute atomic E-state index is 13.3. The van der Waals surface area contributed by atoms with Crippen LogP contribution in [-0.4, -0.2) is 4.98 Å². The quantitative estimate of drug-likeness (QED) is 0.610. The van der Waals surface area contributed by atoms with Gasteiger partial charge in [-0.25, -0.2) is 13.2 Å². The predicted octanol–water partition coefficient (Wildman–Crippen LogP) is 4.87. The zero-order chi connectivity index (χ0) is 14.4. The van der Waals surface area contributed by atoms with Crippen LogP contribution in [0.4, 0.5) is 13.2 Å². The van der Waals surface area contributed by atoms with E-state index >= 15 is 0 Å². The summed E-state index contributed by atoms with van der Waals surface area (Å²) in [6, 6.07) is 7.75. The molecule has 0 saturated carbocycles. The molecule has 0 unspecified atom stereocenters. The van der Waals surface area contributed by atoms with Gasteiger partial charge in [-0.05, 0) is 55.3 Å². The number of aromatic amines is 1. The lowest BCUT2D eigenvalue weighted by molar-refractivity contribution is 0.447. The molecule has 20 heavy (non-hydrogen) atoms. The summed E-state index contributed by atoms with van der Waals surface area (Å²) in [5.74, 6) is -3.83. The first kappa shape index (κ1) is 12.8. The second kappa shape index (κ2) is 4.40. The van der Waals surface area contributed by atoms with E-state index in [-0.39, 0.29) is 5.56 Å². The number of nitrogens with one attached hydrogen (secondary N) is 1. The molecule has 0 saturated heterocycles. The third-order valence-corrected chi connectivity index (χ3v) is 3.53. The SMILES string of the molecule is Cc1cc2cc(-c3cc(F)c(F)c(F)c3)[nH]c2cc1C. The zero-order valence-corrected chi connectivity index (χ0v) is 11.0. The Kier molecular flexibility index (Phi) is 2.82. The lowest BCUT2D eigenvalue weighted by Gasteiger charge is -2.00. The van der Waals surface area contributed by atoms with E-state index in [1.54, 1.807) is 6.07 Å². The van der Waals surface area contributed by atoms with Crippen LogP contribution in [0.5, 0.6) is 0 Å². The fourth-order valence-corrected chi connectivity index (χ4v) is 2.27. The van der Waals surface area contributed by atoms with E-state index < -0.39 is 17.5 Å². The largest absolute Gasteiger partial charge is 0.355 e. The van der Waals surface area contributed by atoms with Gasteiger partial charge in [0.15, 0.2) is 17.5 Å². The molecule has 3 rings (SSSR count). The van der Waals surface area contributed by atoms with Crippen molar-refractivity contribution in [2.45, 2.75) is 13.8 Å². The van der Waals surface area contributed by atoms with E-state index in [4.69, 9.17) is 0 Å². The van der Waals surface area contributed by atoms with Crippen LogP contribution in [0.1, 0.15) is 11.1 Å². The summed E-state index contributed by atoms with van der Waals surface area (Å²) < 4.78 is 39.5. The first-order chi connectivity index (χ1) is 9.45. The van der Waals surface area contributed by atoms with Crippen LogP contribution >= 0.6 is 0 Å². The number of hydrogen-bond donors (Lipinski definition) is 1. The minimum atomic E-state index is -1.45. The van der Waals surface area contributed by atoms with E-state index in [9.17, 15) is 13.2 Å². The highest BCUT2D eigenvalue weighted by atomic mass is 19.2. The van der Waals surface area contributed by atoms with Gasteiger partial charge >= 0.3 is 0 Å². The van der Waals surface area contributed by atoms with Gasteiger partial charge in [-0.2, -0.15) is 0 Å². The molecular formula is C16H12F3N. The molecule has 0 amide bonds. The van der Waals surface area contributed by atoms with Crippen molar-refractivity contribution in [3.05, 3.63) is 58.9 Å². The van der Waals surface area contributed by atoms with Gasteiger partial charge < -0.3 is 4.98 Å². The molecular weight excluding hydrogens is 263 g/mol. The van der Waals surface area contributed by atoms with Crippen LogP contribution in [0.15, 0.2) is 30.3 Å². The number of hydrogen-bond acceptors (Lipinski definition) is 0. The molecule has 0 aliphatic carbocycles. The van der Waals surface area contributed by atoms with Crippen molar-refractivity contribution in [2.75, 3.05) is 0 Å². The molecule has 3 aromatic rings. The second-order valence-corrected chi connectivity index (χ2v) is 4.96. The summed E-state index contributed by atoms with van der Waals surface area (Å²) in [6.45, 7) is 3.99. The van der Waals surface area contributed by atoms with E-state index in [0.29, 0.717) is 5.69 Å². The number of aromatic nitrogens is 1. The van der Waals surface area contributed by atoms with Crippen molar-refractivity contribution in [3.63, 3.8) is 0 Å².